The summed E-state index contributed by atoms with van der Waals surface area (Å²) in [7, 11) is 0. The van der Waals surface area contributed by atoms with Crippen molar-refractivity contribution < 1.29 is 19.7 Å². The van der Waals surface area contributed by atoms with Crippen LogP contribution < -0.4 is 0 Å². The molecule has 4 saturated carbocycles. The molecule has 5 heteroatoms. The molecule has 2 N–H and O–H groups in total. The third kappa shape index (κ3) is 5.52. The molecule has 0 radical (unpaired) electrons. The fourth-order valence-electron chi connectivity index (χ4n) is 10.1. The van der Waals surface area contributed by atoms with Gasteiger partial charge >= 0.3 is 6.09 Å². The number of hydrogen-bond acceptors (Lipinski definition) is 4. The van der Waals surface area contributed by atoms with Gasteiger partial charge in [-0.1, -0.05) is 94.7 Å². The number of benzene rings is 1. The summed E-state index contributed by atoms with van der Waals surface area (Å²) in [6, 6.07) is 10.2. The topological polar surface area (TPSA) is 70.0 Å². The molecule has 1 aromatic carbocycles. The molecule has 0 aliphatic heterocycles. The highest BCUT2D eigenvalue weighted by molar-refractivity contribution is 5.68. The summed E-state index contributed by atoms with van der Waals surface area (Å²) in [5.74, 6) is 2.18. The van der Waals surface area contributed by atoms with Crippen molar-refractivity contribution in [3.05, 3.63) is 59.2 Å². The Morgan fingerprint density at radius 1 is 1.00 bits per heavy atom. The minimum absolute atomic E-state index is 0.0744. The average Bonchev–Trinajstić information content (AvgIpc) is 3.23. The highest BCUT2D eigenvalue weighted by Gasteiger charge is 2.62. The zero-order valence-corrected chi connectivity index (χ0v) is 27.2. The van der Waals surface area contributed by atoms with E-state index in [1.54, 1.807) is 0 Å². The van der Waals surface area contributed by atoms with Crippen molar-refractivity contribution in [2.75, 3.05) is 6.54 Å². The Hall–Kier alpha value is -2.11. The van der Waals surface area contributed by atoms with Gasteiger partial charge in [0.25, 0.3) is 0 Å². The molecule has 1 amide bonds. The van der Waals surface area contributed by atoms with Crippen LogP contribution in [-0.4, -0.2) is 45.6 Å². The summed E-state index contributed by atoms with van der Waals surface area (Å²) in [6.45, 7) is 12.2. The van der Waals surface area contributed by atoms with Crippen molar-refractivity contribution in [3.8, 4) is 0 Å². The molecule has 0 aromatic heterocycles. The fourth-order valence-corrected chi connectivity index (χ4v) is 10.1. The number of ether oxygens (including phenoxy) is 1. The molecule has 0 unspecified atom stereocenters. The average molecular weight is 590 g/mol. The molecule has 1 aromatic rings. The van der Waals surface area contributed by atoms with E-state index in [0.29, 0.717) is 49.1 Å². The van der Waals surface area contributed by atoms with E-state index in [2.05, 4.69) is 58.9 Å². The minimum Gasteiger partial charge on any atom is -0.446 e. The van der Waals surface area contributed by atoms with Crippen LogP contribution in [0.15, 0.2) is 53.6 Å². The zero-order chi connectivity index (χ0) is 30.6. The lowest BCUT2D eigenvalue weighted by Gasteiger charge is -2.56. The molecule has 5 aliphatic carbocycles. The number of nitrogens with zero attached hydrogens (tertiary/aromatic N) is 1. The molecule has 4 fully saturated rings. The zero-order valence-electron chi connectivity index (χ0n) is 27.2. The maximum atomic E-state index is 14.1. The van der Waals surface area contributed by atoms with Gasteiger partial charge in [0.2, 0.25) is 0 Å². The highest BCUT2D eigenvalue weighted by Crippen LogP contribution is 2.66. The van der Waals surface area contributed by atoms with Crippen LogP contribution in [0.4, 0.5) is 4.79 Å². The first-order valence-electron chi connectivity index (χ1n) is 17.2. The van der Waals surface area contributed by atoms with E-state index in [4.69, 9.17) is 4.74 Å². The summed E-state index contributed by atoms with van der Waals surface area (Å²) in [5, 5.41) is 23.0. The van der Waals surface area contributed by atoms with Crippen LogP contribution in [0, 0.1) is 40.4 Å². The van der Waals surface area contributed by atoms with Crippen LogP contribution in [0.5, 0.6) is 0 Å². The van der Waals surface area contributed by atoms with Gasteiger partial charge in [0.15, 0.2) is 0 Å². The summed E-state index contributed by atoms with van der Waals surface area (Å²) >= 11 is 0. The Labute approximate surface area is 259 Å². The smallest absolute Gasteiger partial charge is 0.410 e. The monoisotopic (exact) mass is 589 g/mol. The molecule has 0 heterocycles. The van der Waals surface area contributed by atoms with Crippen molar-refractivity contribution in [3.63, 3.8) is 0 Å². The Balaban J connectivity index is 1.26. The number of carbonyl (C=O) groups is 1. The van der Waals surface area contributed by atoms with Crippen LogP contribution in [0.3, 0.4) is 0 Å². The number of allylic oxidation sites excluding steroid dienone is 3. The molecule has 6 rings (SSSR count). The number of rotatable bonds is 6. The predicted molar refractivity (Wildman–Crippen MR) is 171 cm³/mol. The molecule has 5 nitrogen and oxygen atoms in total. The van der Waals surface area contributed by atoms with Crippen LogP contribution in [0.25, 0.3) is 0 Å². The molecule has 0 saturated heterocycles. The molecule has 0 bridgehead atoms. The number of aliphatic hydroxyl groups is 2. The quantitative estimate of drug-likeness (QED) is 0.352. The predicted octanol–water partition coefficient (Wildman–Crippen LogP) is 8.06. The van der Waals surface area contributed by atoms with Gasteiger partial charge in [-0.25, -0.2) is 4.79 Å². The molecular formula is C38H55NO4. The summed E-state index contributed by atoms with van der Waals surface area (Å²) in [4.78, 5) is 15.9. The number of fused-ring (bicyclic) bond motifs is 5. The van der Waals surface area contributed by atoms with Gasteiger partial charge in [0, 0.05) is 12.0 Å². The van der Waals surface area contributed by atoms with Gasteiger partial charge in [-0.15, -0.1) is 0 Å². The van der Waals surface area contributed by atoms with E-state index >= 15 is 0 Å². The first-order valence-corrected chi connectivity index (χ1v) is 17.2. The van der Waals surface area contributed by atoms with E-state index in [0.717, 1.165) is 56.9 Å². The molecule has 43 heavy (non-hydrogen) atoms. The van der Waals surface area contributed by atoms with Crippen LogP contribution in [0.2, 0.25) is 0 Å². The van der Waals surface area contributed by atoms with Crippen LogP contribution in [-0.2, 0) is 11.3 Å². The summed E-state index contributed by atoms with van der Waals surface area (Å²) < 4.78 is 6.40. The Morgan fingerprint density at radius 3 is 2.49 bits per heavy atom. The van der Waals surface area contributed by atoms with Gasteiger partial charge in [-0.05, 0) is 98.4 Å². The van der Waals surface area contributed by atoms with Gasteiger partial charge in [0.05, 0.1) is 18.2 Å². The number of amides is 1. The van der Waals surface area contributed by atoms with Gasteiger partial charge in [0.1, 0.15) is 6.10 Å². The van der Waals surface area contributed by atoms with Crippen molar-refractivity contribution >= 4 is 6.09 Å². The van der Waals surface area contributed by atoms with Gasteiger partial charge < -0.3 is 19.8 Å². The van der Waals surface area contributed by atoms with Crippen molar-refractivity contribution in [1.29, 1.82) is 0 Å². The highest BCUT2D eigenvalue weighted by atomic mass is 16.6. The first-order chi connectivity index (χ1) is 20.4. The van der Waals surface area contributed by atoms with Gasteiger partial charge in [-0.3, -0.25) is 0 Å². The Morgan fingerprint density at radius 2 is 1.74 bits per heavy atom. The van der Waals surface area contributed by atoms with E-state index in [-0.39, 0.29) is 29.1 Å². The van der Waals surface area contributed by atoms with Crippen molar-refractivity contribution in [2.24, 2.45) is 40.4 Å². The molecule has 5 aliphatic rings. The maximum absolute atomic E-state index is 14.1. The van der Waals surface area contributed by atoms with E-state index < -0.39 is 5.60 Å². The first kappa shape index (κ1) is 30.9. The third-order valence-corrected chi connectivity index (χ3v) is 13.0. The van der Waals surface area contributed by atoms with Crippen LogP contribution >= 0.6 is 0 Å². The molecule has 9 atom stereocenters. The van der Waals surface area contributed by atoms with Crippen molar-refractivity contribution in [1.82, 2.24) is 4.90 Å². The number of hydrogen-bond donors (Lipinski definition) is 2. The lowest BCUT2D eigenvalue weighted by atomic mass is 9.50. The Kier molecular flexibility index (Phi) is 8.39. The normalized spacial score (nSPS) is 40.6. The second-order valence-electron chi connectivity index (χ2n) is 15.9. The standard InChI is InChI=1S/C38H55NO4/c1-25(2)30-13-11-26(3)21-34(30)43-35(41)39(23-27-9-7-6-8-10-27)24-38(42)20-17-33-31-14-12-28-22-29(40)15-18-36(28,4)32(31)16-19-37(33,38)5/h6-10,12,14,25-26,29-30,32-34,40,42H,11,13,15-24H2,1-5H3/t26-,29-,30+,32-,33-,34-,36-,37-,38+/m0/s1. The van der Waals surface area contributed by atoms with Gasteiger partial charge in [-0.2, -0.15) is 0 Å². The SMILES string of the molecule is CC(C)[C@H]1CC[C@H](C)C[C@@H]1OC(=O)N(Cc1ccccc1)C[C@]1(O)CC[C@H]2C3=CC=C4C[C@@H](O)CC[C@]4(C)[C@H]3CC[C@@]21C. The van der Waals surface area contributed by atoms with Crippen molar-refractivity contribution in [2.45, 2.75) is 123 Å². The van der Waals surface area contributed by atoms with E-state index in [1.165, 1.54) is 17.6 Å². The Bertz CT molecular complexity index is 1240. The largest absolute Gasteiger partial charge is 0.446 e. The number of carbonyl (C=O) groups excluding carboxylic acids is 1. The molecule has 236 valence electrons. The van der Waals surface area contributed by atoms with E-state index in [9.17, 15) is 15.0 Å². The lowest BCUT2D eigenvalue weighted by molar-refractivity contribution is -0.104. The molecular weight excluding hydrogens is 534 g/mol. The van der Waals surface area contributed by atoms with Crippen LogP contribution in [0.1, 0.15) is 104 Å². The maximum Gasteiger partial charge on any atom is 0.410 e. The lowest BCUT2D eigenvalue weighted by Crippen LogP contribution is -2.57. The third-order valence-electron chi connectivity index (χ3n) is 13.0. The summed E-state index contributed by atoms with van der Waals surface area (Å²) in [6.07, 6.45) is 13.6. The van der Waals surface area contributed by atoms with E-state index in [1.807, 2.05) is 23.1 Å². The molecule has 0 spiro atoms. The second-order valence-corrected chi connectivity index (χ2v) is 15.9. The summed E-state index contributed by atoms with van der Waals surface area (Å²) in [5.41, 5.74) is 2.79. The minimum atomic E-state index is -0.984. The number of aliphatic hydroxyl groups excluding tert-OH is 1. The second kappa shape index (κ2) is 11.7. The fraction of sp³-hybridized carbons (Fsp3) is 0.711.